The predicted octanol–water partition coefficient (Wildman–Crippen LogP) is 3.59. The molecule has 0 N–H and O–H groups in total. The molecule has 0 saturated carbocycles. The maximum absolute atomic E-state index is 5.90. The Labute approximate surface area is 116 Å². The van der Waals surface area contributed by atoms with Gasteiger partial charge < -0.3 is 0 Å². The minimum absolute atomic E-state index is 0.250. The maximum atomic E-state index is 5.90. The standard InChI is InChI=1S/C11H7ClN4S2/c1-6-4-13-11(14-5-6)18-9-7-2-3-17-8(7)15-10(12)16-9/h2-5H,1H3. The van der Waals surface area contributed by atoms with Crippen LogP contribution >= 0.6 is 34.7 Å². The summed E-state index contributed by atoms with van der Waals surface area (Å²) in [4.78, 5) is 17.8. The van der Waals surface area contributed by atoms with Gasteiger partial charge in [-0.2, -0.15) is 0 Å². The van der Waals surface area contributed by atoms with Gasteiger partial charge in [0.2, 0.25) is 5.28 Å². The first kappa shape index (κ1) is 11.8. The fourth-order valence-electron chi connectivity index (χ4n) is 1.40. The molecule has 0 amide bonds. The summed E-state index contributed by atoms with van der Waals surface area (Å²) < 4.78 is 0. The lowest BCUT2D eigenvalue weighted by Crippen LogP contribution is -1.90. The SMILES string of the molecule is Cc1cnc(Sc2nc(Cl)nc3sccc23)nc1. The monoisotopic (exact) mass is 294 g/mol. The first-order valence-corrected chi connectivity index (χ1v) is 7.17. The number of nitrogens with zero attached hydrogens (tertiary/aromatic N) is 4. The number of hydrogen-bond donors (Lipinski definition) is 0. The first-order valence-electron chi connectivity index (χ1n) is 5.09. The molecule has 3 heterocycles. The Morgan fingerprint density at radius 2 is 2.00 bits per heavy atom. The Hall–Kier alpha value is -1.24. The summed E-state index contributed by atoms with van der Waals surface area (Å²) in [6.45, 7) is 1.95. The van der Waals surface area contributed by atoms with Gasteiger partial charge in [0.05, 0.1) is 0 Å². The average Bonchev–Trinajstić information content (AvgIpc) is 2.80. The number of fused-ring (bicyclic) bond motifs is 1. The summed E-state index contributed by atoms with van der Waals surface area (Å²) >= 11 is 8.83. The van der Waals surface area contributed by atoms with Crippen LogP contribution in [0.2, 0.25) is 5.28 Å². The van der Waals surface area contributed by atoms with E-state index in [0.717, 1.165) is 20.8 Å². The highest BCUT2D eigenvalue weighted by atomic mass is 35.5. The summed E-state index contributed by atoms with van der Waals surface area (Å²) in [5.41, 5.74) is 1.03. The van der Waals surface area contributed by atoms with Crippen molar-refractivity contribution in [3.63, 3.8) is 0 Å². The normalized spacial score (nSPS) is 11.0. The van der Waals surface area contributed by atoms with Gasteiger partial charge in [0.1, 0.15) is 9.86 Å². The average molecular weight is 295 g/mol. The summed E-state index contributed by atoms with van der Waals surface area (Å²) in [5, 5.41) is 4.64. The Morgan fingerprint density at radius 3 is 2.78 bits per heavy atom. The molecular formula is C11H7ClN4S2. The van der Waals surface area contributed by atoms with Gasteiger partial charge >= 0.3 is 0 Å². The van der Waals surface area contributed by atoms with E-state index in [9.17, 15) is 0 Å². The molecule has 0 aliphatic heterocycles. The van der Waals surface area contributed by atoms with Crippen LogP contribution in [0, 0.1) is 6.92 Å². The Kier molecular flexibility index (Phi) is 3.15. The van der Waals surface area contributed by atoms with E-state index in [2.05, 4.69) is 19.9 Å². The smallest absolute Gasteiger partial charge is 0.224 e. The number of rotatable bonds is 2. The summed E-state index contributed by atoms with van der Waals surface area (Å²) in [5.74, 6) is 0. The fraction of sp³-hybridized carbons (Fsp3) is 0.0909. The fourth-order valence-corrected chi connectivity index (χ4v) is 3.29. The Balaban J connectivity index is 2.03. The minimum Gasteiger partial charge on any atom is -0.231 e. The van der Waals surface area contributed by atoms with Crippen molar-refractivity contribution in [1.29, 1.82) is 0 Å². The number of halogens is 1. The molecule has 0 unspecified atom stereocenters. The molecule has 0 fully saturated rings. The molecule has 0 aliphatic carbocycles. The molecule has 0 aliphatic rings. The van der Waals surface area contributed by atoms with Crippen LogP contribution in [0.25, 0.3) is 10.2 Å². The van der Waals surface area contributed by atoms with Crippen LogP contribution in [-0.4, -0.2) is 19.9 Å². The Morgan fingerprint density at radius 1 is 1.22 bits per heavy atom. The number of aryl methyl sites for hydroxylation is 1. The van der Waals surface area contributed by atoms with Crippen LogP contribution in [0.5, 0.6) is 0 Å². The molecule has 3 rings (SSSR count). The van der Waals surface area contributed by atoms with E-state index in [1.165, 1.54) is 23.1 Å². The Bertz CT molecular complexity index is 696. The van der Waals surface area contributed by atoms with Crippen LogP contribution in [0.4, 0.5) is 0 Å². The molecule has 0 aromatic carbocycles. The van der Waals surface area contributed by atoms with Crippen molar-refractivity contribution in [3.8, 4) is 0 Å². The van der Waals surface area contributed by atoms with Gasteiger partial charge in [-0.1, -0.05) is 0 Å². The molecule has 3 aromatic heterocycles. The molecule has 0 bridgehead atoms. The van der Waals surface area contributed by atoms with E-state index in [1.807, 2.05) is 18.4 Å². The van der Waals surface area contributed by atoms with Gasteiger partial charge in [-0.15, -0.1) is 11.3 Å². The van der Waals surface area contributed by atoms with Crippen molar-refractivity contribution in [1.82, 2.24) is 19.9 Å². The van der Waals surface area contributed by atoms with Gasteiger partial charge in [0, 0.05) is 17.8 Å². The lowest BCUT2D eigenvalue weighted by molar-refractivity contribution is 0.945. The van der Waals surface area contributed by atoms with Crippen LogP contribution in [0.1, 0.15) is 5.56 Å². The first-order chi connectivity index (χ1) is 8.72. The summed E-state index contributed by atoms with van der Waals surface area (Å²) in [6, 6.07) is 1.98. The molecule has 90 valence electrons. The molecule has 18 heavy (non-hydrogen) atoms. The summed E-state index contributed by atoms with van der Waals surface area (Å²) in [7, 11) is 0. The zero-order chi connectivity index (χ0) is 12.5. The summed E-state index contributed by atoms with van der Waals surface area (Å²) in [6.07, 6.45) is 3.56. The van der Waals surface area contributed by atoms with Crippen molar-refractivity contribution >= 4 is 44.9 Å². The third kappa shape index (κ3) is 2.31. The molecular weight excluding hydrogens is 288 g/mol. The second kappa shape index (κ2) is 4.79. The number of hydrogen-bond acceptors (Lipinski definition) is 6. The second-order valence-corrected chi connectivity index (χ2v) is 5.77. The van der Waals surface area contributed by atoms with E-state index in [1.54, 1.807) is 12.4 Å². The van der Waals surface area contributed by atoms with E-state index in [4.69, 9.17) is 11.6 Å². The highest BCUT2D eigenvalue weighted by Gasteiger charge is 2.10. The largest absolute Gasteiger partial charge is 0.231 e. The lowest BCUT2D eigenvalue weighted by Gasteiger charge is -2.01. The van der Waals surface area contributed by atoms with Crippen molar-refractivity contribution in [2.75, 3.05) is 0 Å². The zero-order valence-electron chi connectivity index (χ0n) is 9.29. The molecule has 0 spiro atoms. The quantitative estimate of drug-likeness (QED) is 0.534. The third-order valence-electron chi connectivity index (χ3n) is 2.21. The van der Waals surface area contributed by atoms with Gasteiger partial charge in [0.25, 0.3) is 0 Å². The van der Waals surface area contributed by atoms with E-state index < -0.39 is 0 Å². The van der Waals surface area contributed by atoms with E-state index in [-0.39, 0.29) is 5.28 Å². The molecule has 0 atom stereocenters. The zero-order valence-corrected chi connectivity index (χ0v) is 11.7. The molecule has 0 saturated heterocycles. The van der Waals surface area contributed by atoms with Gasteiger partial charge in [-0.05, 0) is 47.3 Å². The number of aromatic nitrogens is 4. The topological polar surface area (TPSA) is 51.6 Å². The minimum atomic E-state index is 0.250. The van der Waals surface area contributed by atoms with Crippen LogP contribution in [-0.2, 0) is 0 Å². The van der Waals surface area contributed by atoms with Gasteiger partial charge in [0.15, 0.2) is 5.16 Å². The predicted molar refractivity (Wildman–Crippen MR) is 73.3 cm³/mol. The maximum Gasteiger partial charge on any atom is 0.224 e. The van der Waals surface area contributed by atoms with Crippen LogP contribution in [0.15, 0.2) is 34.0 Å². The molecule has 3 aromatic rings. The number of thiophene rings is 1. The van der Waals surface area contributed by atoms with Crippen molar-refractivity contribution in [2.24, 2.45) is 0 Å². The van der Waals surface area contributed by atoms with Crippen LogP contribution < -0.4 is 0 Å². The van der Waals surface area contributed by atoms with E-state index in [0.29, 0.717) is 5.16 Å². The molecule has 0 radical (unpaired) electrons. The van der Waals surface area contributed by atoms with E-state index >= 15 is 0 Å². The van der Waals surface area contributed by atoms with Crippen molar-refractivity contribution in [3.05, 3.63) is 34.7 Å². The third-order valence-corrected chi connectivity index (χ3v) is 4.08. The highest BCUT2D eigenvalue weighted by Crippen LogP contribution is 2.32. The second-order valence-electron chi connectivity index (χ2n) is 3.58. The van der Waals surface area contributed by atoms with Crippen molar-refractivity contribution in [2.45, 2.75) is 17.1 Å². The molecule has 7 heteroatoms. The van der Waals surface area contributed by atoms with Gasteiger partial charge in [-0.3, -0.25) is 0 Å². The van der Waals surface area contributed by atoms with Gasteiger partial charge in [-0.25, -0.2) is 19.9 Å². The lowest BCUT2D eigenvalue weighted by atomic mass is 10.4. The van der Waals surface area contributed by atoms with Crippen molar-refractivity contribution < 1.29 is 0 Å². The molecule has 4 nitrogen and oxygen atoms in total. The highest BCUT2D eigenvalue weighted by molar-refractivity contribution is 7.99. The van der Waals surface area contributed by atoms with Crippen LogP contribution in [0.3, 0.4) is 0 Å².